The lowest BCUT2D eigenvalue weighted by Crippen LogP contribution is -2.52. The molecule has 6 rings (SSSR count). The van der Waals surface area contributed by atoms with Crippen LogP contribution in [0.15, 0.2) is 108 Å². The Morgan fingerprint density at radius 1 is 0.933 bits per heavy atom. The zero-order chi connectivity index (χ0) is 31.2. The lowest BCUT2D eigenvalue weighted by atomic mass is 9.97. The summed E-state index contributed by atoms with van der Waals surface area (Å²) in [5.41, 5.74) is 7.44. The van der Waals surface area contributed by atoms with Crippen molar-refractivity contribution in [3.8, 4) is 11.3 Å². The Bertz CT molecular complexity index is 1780. The van der Waals surface area contributed by atoms with E-state index in [1.807, 2.05) is 85.5 Å². The van der Waals surface area contributed by atoms with Crippen molar-refractivity contribution in [3.05, 3.63) is 143 Å². The van der Waals surface area contributed by atoms with Gasteiger partial charge in [0.05, 0.1) is 17.6 Å². The van der Waals surface area contributed by atoms with Gasteiger partial charge in [-0.25, -0.2) is 0 Å². The van der Waals surface area contributed by atoms with Crippen molar-refractivity contribution in [2.24, 2.45) is 0 Å². The zero-order valence-electron chi connectivity index (χ0n) is 25.5. The van der Waals surface area contributed by atoms with Crippen LogP contribution in [0.4, 0.5) is 0 Å². The summed E-state index contributed by atoms with van der Waals surface area (Å²) in [6.07, 6.45) is 9.45. The third-order valence-electron chi connectivity index (χ3n) is 8.31. The van der Waals surface area contributed by atoms with Crippen LogP contribution in [0, 0.1) is 13.8 Å². The molecule has 1 aliphatic rings. The van der Waals surface area contributed by atoms with Crippen LogP contribution in [-0.4, -0.2) is 49.3 Å². The first-order valence-electron chi connectivity index (χ1n) is 15.1. The third-order valence-corrected chi connectivity index (χ3v) is 8.31. The molecule has 1 aliphatic heterocycles. The van der Waals surface area contributed by atoms with Crippen molar-refractivity contribution >= 4 is 17.9 Å². The molecule has 1 atom stereocenters. The molecule has 45 heavy (non-hydrogen) atoms. The molecule has 3 aromatic carbocycles. The maximum Gasteiger partial charge on any atom is 0.247 e. The molecule has 0 N–H and O–H groups in total. The van der Waals surface area contributed by atoms with Gasteiger partial charge in [-0.05, 0) is 48.6 Å². The van der Waals surface area contributed by atoms with Gasteiger partial charge in [0.2, 0.25) is 11.8 Å². The second-order valence-corrected chi connectivity index (χ2v) is 11.3. The highest BCUT2D eigenvalue weighted by atomic mass is 16.5. The highest BCUT2D eigenvalue weighted by molar-refractivity contribution is 5.96. The van der Waals surface area contributed by atoms with Gasteiger partial charge >= 0.3 is 0 Å². The first kappa shape index (κ1) is 29.7. The lowest BCUT2D eigenvalue weighted by Gasteiger charge is -2.37. The molecule has 226 valence electrons. The monoisotopic (exact) mass is 597 g/mol. The largest absolute Gasteiger partial charge is 0.361 e. The van der Waals surface area contributed by atoms with Gasteiger partial charge in [-0.1, -0.05) is 84.0 Å². The van der Waals surface area contributed by atoms with Gasteiger partial charge < -0.3 is 14.3 Å². The van der Waals surface area contributed by atoms with Gasteiger partial charge in [-0.3, -0.25) is 19.6 Å². The van der Waals surface area contributed by atoms with Gasteiger partial charge in [-0.2, -0.15) is 0 Å². The molecule has 2 amide bonds. The number of hydrogen-bond acceptors (Lipinski definition) is 6. The Kier molecular flexibility index (Phi) is 8.91. The predicted molar refractivity (Wildman–Crippen MR) is 173 cm³/mol. The molecule has 0 radical (unpaired) electrons. The number of carbonyl (C=O) groups is 2. The van der Waals surface area contributed by atoms with Crippen LogP contribution in [0.25, 0.3) is 17.3 Å². The molecule has 8 heteroatoms. The number of rotatable bonds is 9. The van der Waals surface area contributed by atoms with Gasteiger partial charge in [0.1, 0.15) is 11.8 Å². The number of benzene rings is 3. The van der Waals surface area contributed by atoms with Crippen molar-refractivity contribution < 1.29 is 14.1 Å². The molecule has 5 aromatic rings. The fraction of sp³-hybridized carbons (Fsp3) is 0.216. The van der Waals surface area contributed by atoms with Gasteiger partial charge in [0.15, 0.2) is 0 Å². The molecule has 0 unspecified atom stereocenters. The van der Waals surface area contributed by atoms with Crippen LogP contribution < -0.4 is 0 Å². The van der Waals surface area contributed by atoms with Gasteiger partial charge in [0, 0.05) is 55.7 Å². The quantitative estimate of drug-likeness (QED) is 0.194. The van der Waals surface area contributed by atoms with Crippen molar-refractivity contribution in [1.29, 1.82) is 0 Å². The predicted octanol–water partition coefficient (Wildman–Crippen LogP) is 5.99. The molecule has 0 saturated carbocycles. The third kappa shape index (κ3) is 6.91. The maximum atomic E-state index is 14.5. The Labute approximate surface area is 263 Å². The van der Waals surface area contributed by atoms with Crippen molar-refractivity contribution in [1.82, 2.24) is 24.9 Å². The number of aromatic nitrogens is 3. The van der Waals surface area contributed by atoms with E-state index in [0.717, 1.165) is 39.9 Å². The summed E-state index contributed by atoms with van der Waals surface area (Å²) in [6, 6.07) is 25.3. The molecule has 0 fully saturated rings. The summed E-state index contributed by atoms with van der Waals surface area (Å²) in [4.78, 5) is 40.8. The van der Waals surface area contributed by atoms with Crippen molar-refractivity contribution in [2.75, 3.05) is 6.54 Å². The van der Waals surface area contributed by atoms with Gasteiger partial charge in [0.25, 0.3) is 0 Å². The topological polar surface area (TPSA) is 92.4 Å². The maximum absolute atomic E-state index is 14.5. The lowest BCUT2D eigenvalue weighted by molar-refractivity contribution is -0.144. The summed E-state index contributed by atoms with van der Waals surface area (Å²) in [5, 5.41) is 4.02. The van der Waals surface area contributed by atoms with E-state index in [9.17, 15) is 9.59 Å². The number of hydrogen-bond donors (Lipinski definition) is 0. The summed E-state index contributed by atoms with van der Waals surface area (Å²) in [7, 11) is 0. The van der Waals surface area contributed by atoms with E-state index >= 15 is 0 Å². The van der Waals surface area contributed by atoms with E-state index in [1.165, 1.54) is 11.6 Å². The van der Waals surface area contributed by atoms with E-state index < -0.39 is 6.04 Å². The molecule has 0 saturated heterocycles. The van der Waals surface area contributed by atoms with Crippen LogP contribution in [0.3, 0.4) is 0 Å². The van der Waals surface area contributed by atoms with E-state index in [0.29, 0.717) is 31.0 Å². The molecular formula is C37H35N5O3. The Morgan fingerprint density at radius 3 is 2.40 bits per heavy atom. The van der Waals surface area contributed by atoms with Crippen LogP contribution in [0.5, 0.6) is 0 Å². The second-order valence-electron chi connectivity index (χ2n) is 11.3. The number of amides is 2. The normalized spacial score (nSPS) is 13.4. The summed E-state index contributed by atoms with van der Waals surface area (Å²) < 4.78 is 5.31. The Balaban J connectivity index is 1.35. The minimum atomic E-state index is -0.723. The molecule has 3 heterocycles. The van der Waals surface area contributed by atoms with E-state index in [-0.39, 0.29) is 18.4 Å². The molecule has 0 aliphatic carbocycles. The average molecular weight is 598 g/mol. The average Bonchev–Trinajstić information content (AvgIpc) is 3.41. The van der Waals surface area contributed by atoms with E-state index in [4.69, 9.17) is 4.52 Å². The Morgan fingerprint density at radius 2 is 1.69 bits per heavy atom. The van der Waals surface area contributed by atoms with Crippen LogP contribution in [0.1, 0.15) is 39.3 Å². The fourth-order valence-corrected chi connectivity index (χ4v) is 5.81. The van der Waals surface area contributed by atoms with Gasteiger partial charge in [-0.15, -0.1) is 0 Å². The number of aryl methyl sites for hydroxylation is 2. The molecule has 0 bridgehead atoms. The van der Waals surface area contributed by atoms with Crippen molar-refractivity contribution in [3.63, 3.8) is 0 Å². The van der Waals surface area contributed by atoms with E-state index in [1.54, 1.807) is 29.6 Å². The summed E-state index contributed by atoms with van der Waals surface area (Å²) >= 11 is 0. The second kappa shape index (κ2) is 13.5. The van der Waals surface area contributed by atoms with Crippen LogP contribution in [-0.2, 0) is 35.5 Å². The standard InChI is InChI=1S/C37H35N5O3/c1-26-33(27(2)45-40-26)16-17-36(43)42(24-29-12-14-31(15-13-29)34-23-38-19-20-39-34)35(22-28-8-4-3-5-9-28)37(44)41-21-18-30-10-6-7-11-32(30)25-41/h3-17,19-20,23,35H,18,21-22,24-25H2,1-2H3/b17-16+/t35-/m0/s1. The molecule has 2 aromatic heterocycles. The highest BCUT2D eigenvalue weighted by Crippen LogP contribution is 2.24. The minimum Gasteiger partial charge on any atom is -0.361 e. The van der Waals surface area contributed by atoms with Crippen LogP contribution >= 0.6 is 0 Å². The zero-order valence-corrected chi connectivity index (χ0v) is 25.5. The van der Waals surface area contributed by atoms with E-state index in [2.05, 4.69) is 27.3 Å². The Hall–Kier alpha value is -5.37. The number of carbonyl (C=O) groups excluding carboxylic acids is 2. The number of nitrogens with zero attached hydrogens (tertiary/aromatic N) is 5. The van der Waals surface area contributed by atoms with Crippen LogP contribution in [0.2, 0.25) is 0 Å². The SMILES string of the molecule is Cc1noc(C)c1/C=C/C(=O)N(Cc1ccc(-c2cnccn2)cc1)[C@@H](Cc1ccccc1)C(=O)N1CCc2ccccc2C1. The molecular weight excluding hydrogens is 562 g/mol. The highest BCUT2D eigenvalue weighted by Gasteiger charge is 2.34. The fourth-order valence-electron chi connectivity index (χ4n) is 5.81. The minimum absolute atomic E-state index is 0.0661. The summed E-state index contributed by atoms with van der Waals surface area (Å²) in [5.74, 6) is 0.301. The molecule has 0 spiro atoms. The first-order chi connectivity index (χ1) is 22.0. The van der Waals surface area contributed by atoms with Crippen molar-refractivity contribution in [2.45, 2.75) is 45.8 Å². The molecule has 8 nitrogen and oxygen atoms in total. The smallest absolute Gasteiger partial charge is 0.247 e. The number of fused-ring (bicyclic) bond motifs is 1. The first-order valence-corrected chi connectivity index (χ1v) is 15.1. The summed E-state index contributed by atoms with van der Waals surface area (Å²) in [6.45, 7) is 5.03.